The van der Waals surface area contributed by atoms with Gasteiger partial charge in [-0.15, -0.1) is 0 Å². The molecule has 0 radical (unpaired) electrons. The Bertz CT molecular complexity index is 307. The van der Waals surface area contributed by atoms with E-state index in [0.717, 1.165) is 19.6 Å². The molecule has 6 heteroatoms. The van der Waals surface area contributed by atoms with Crippen LogP contribution in [0.2, 0.25) is 0 Å². The molecule has 2 fully saturated rings. The molecule has 2 N–H and O–H groups in total. The Morgan fingerprint density at radius 3 is 2.26 bits per heavy atom. The predicted octanol–water partition coefficient (Wildman–Crippen LogP) is 0.915. The van der Waals surface area contributed by atoms with E-state index in [2.05, 4.69) is 4.90 Å². The van der Waals surface area contributed by atoms with Gasteiger partial charge in [-0.3, -0.25) is 9.69 Å². The largest absolute Gasteiger partial charge is 0.340 e. The zero-order chi connectivity index (χ0) is 13.9. The van der Waals surface area contributed by atoms with Crippen molar-refractivity contribution in [1.82, 2.24) is 9.80 Å². The lowest BCUT2D eigenvalue weighted by Crippen LogP contribution is -2.51. The Hall–Kier alpha value is -0.750. The van der Waals surface area contributed by atoms with Crippen LogP contribution in [0.15, 0.2) is 0 Å². The van der Waals surface area contributed by atoms with Gasteiger partial charge < -0.3 is 10.6 Å². The van der Waals surface area contributed by atoms with E-state index >= 15 is 0 Å². The maximum absolute atomic E-state index is 13.1. The Morgan fingerprint density at radius 1 is 1.16 bits per heavy atom. The molecule has 4 nitrogen and oxygen atoms in total. The number of amides is 1. The van der Waals surface area contributed by atoms with Crippen molar-refractivity contribution in [2.24, 2.45) is 11.7 Å². The lowest BCUT2D eigenvalue weighted by molar-refractivity contribution is -0.141. The predicted molar refractivity (Wildman–Crippen MR) is 69.0 cm³/mol. The van der Waals surface area contributed by atoms with E-state index in [9.17, 15) is 13.6 Å². The van der Waals surface area contributed by atoms with Crippen LogP contribution in [0.5, 0.6) is 0 Å². The Labute approximate surface area is 112 Å². The summed E-state index contributed by atoms with van der Waals surface area (Å²) >= 11 is 0. The molecule has 0 aromatic heterocycles. The van der Waals surface area contributed by atoms with Gasteiger partial charge in [0.25, 0.3) is 0 Å². The van der Waals surface area contributed by atoms with Gasteiger partial charge in [0.2, 0.25) is 11.8 Å². The zero-order valence-corrected chi connectivity index (χ0v) is 11.3. The number of halogens is 2. The standard InChI is InChI=1S/C13H23F2N3O/c14-13(15)3-1-11(2-4-13)12(19)18-9-7-17(6-5-16)8-10-18/h11H,1-10,16H2. The summed E-state index contributed by atoms with van der Waals surface area (Å²) < 4.78 is 26.2. The normalized spacial score (nSPS) is 25.5. The number of rotatable bonds is 3. The lowest BCUT2D eigenvalue weighted by atomic mass is 9.86. The average Bonchev–Trinajstić information content (AvgIpc) is 2.39. The van der Waals surface area contributed by atoms with Gasteiger partial charge >= 0.3 is 0 Å². The molecule has 19 heavy (non-hydrogen) atoms. The first-order valence-electron chi connectivity index (χ1n) is 7.11. The van der Waals surface area contributed by atoms with E-state index in [1.807, 2.05) is 4.90 Å². The van der Waals surface area contributed by atoms with Crippen molar-refractivity contribution in [3.63, 3.8) is 0 Å². The minimum atomic E-state index is -2.56. The van der Waals surface area contributed by atoms with E-state index < -0.39 is 5.92 Å². The molecular formula is C13H23F2N3O. The summed E-state index contributed by atoms with van der Waals surface area (Å²) in [6, 6.07) is 0. The topological polar surface area (TPSA) is 49.6 Å². The summed E-state index contributed by atoms with van der Waals surface area (Å²) in [5.41, 5.74) is 5.50. The second kappa shape index (κ2) is 6.13. The summed E-state index contributed by atoms with van der Waals surface area (Å²) in [4.78, 5) is 16.3. The van der Waals surface area contributed by atoms with Crippen molar-refractivity contribution in [3.05, 3.63) is 0 Å². The van der Waals surface area contributed by atoms with Crippen molar-refractivity contribution in [3.8, 4) is 0 Å². The minimum absolute atomic E-state index is 0.0721. The smallest absolute Gasteiger partial charge is 0.248 e. The summed E-state index contributed by atoms with van der Waals surface area (Å²) in [5, 5.41) is 0. The molecule has 2 rings (SSSR count). The molecule has 0 aromatic carbocycles. The summed E-state index contributed by atoms with van der Waals surface area (Å²) in [6.07, 6.45) is 0.372. The van der Waals surface area contributed by atoms with Gasteiger partial charge in [-0.1, -0.05) is 0 Å². The van der Waals surface area contributed by atoms with Crippen molar-refractivity contribution in [2.75, 3.05) is 39.3 Å². The number of carbonyl (C=O) groups excluding carboxylic acids is 1. The van der Waals surface area contributed by atoms with Crippen LogP contribution in [0, 0.1) is 5.92 Å². The number of hydrogen-bond donors (Lipinski definition) is 1. The van der Waals surface area contributed by atoms with Crippen LogP contribution in [0.4, 0.5) is 8.78 Å². The van der Waals surface area contributed by atoms with Crippen LogP contribution < -0.4 is 5.73 Å². The van der Waals surface area contributed by atoms with Crippen LogP contribution in [-0.4, -0.2) is 60.9 Å². The highest BCUT2D eigenvalue weighted by Gasteiger charge is 2.38. The maximum atomic E-state index is 13.1. The molecule has 1 saturated carbocycles. The third-order valence-corrected chi connectivity index (χ3v) is 4.20. The van der Waals surface area contributed by atoms with Gasteiger partial charge in [-0.2, -0.15) is 0 Å². The summed E-state index contributed by atoms with van der Waals surface area (Å²) in [6.45, 7) is 4.57. The van der Waals surface area contributed by atoms with Crippen molar-refractivity contribution < 1.29 is 13.6 Å². The van der Waals surface area contributed by atoms with E-state index in [1.54, 1.807) is 0 Å². The minimum Gasteiger partial charge on any atom is -0.340 e. The molecule has 2 aliphatic rings. The zero-order valence-electron chi connectivity index (χ0n) is 11.3. The SMILES string of the molecule is NCCN1CCN(C(=O)C2CCC(F)(F)CC2)CC1. The third-order valence-electron chi connectivity index (χ3n) is 4.20. The molecule has 0 aromatic rings. The van der Waals surface area contributed by atoms with Crippen LogP contribution in [0.3, 0.4) is 0 Å². The maximum Gasteiger partial charge on any atom is 0.248 e. The molecule has 1 aliphatic carbocycles. The third kappa shape index (κ3) is 3.86. The Balaban J connectivity index is 1.78. The number of carbonyl (C=O) groups is 1. The summed E-state index contributed by atoms with van der Waals surface area (Å²) in [7, 11) is 0. The molecule has 1 amide bonds. The van der Waals surface area contributed by atoms with E-state index in [0.29, 0.717) is 32.5 Å². The fourth-order valence-electron chi connectivity index (χ4n) is 2.92. The van der Waals surface area contributed by atoms with Gasteiger partial charge in [-0.25, -0.2) is 8.78 Å². The van der Waals surface area contributed by atoms with Crippen molar-refractivity contribution >= 4 is 5.91 Å². The fourth-order valence-corrected chi connectivity index (χ4v) is 2.92. The van der Waals surface area contributed by atoms with Gasteiger partial charge in [0.15, 0.2) is 0 Å². The van der Waals surface area contributed by atoms with Crippen LogP contribution >= 0.6 is 0 Å². The van der Waals surface area contributed by atoms with Gasteiger partial charge in [0.05, 0.1) is 0 Å². The highest BCUT2D eigenvalue weighted by atomic mass is 19.3. The van der Waals surface area contributed by atoms with Gasteiger partial charge in [-0.05, 0) is 12.8 Å². The first-order chi connectivity index (χ1) is 9.02. The molecule has 0 atom stereocenters. The van der Waals surface area contributed by atoms with Gasteiger partial charge in [0.1, 0.15) is 0 Å². The van der Waals surface area contributed by atoms with Crippen LogP contribution in [0.1, 0.15) is 25.7 Å². The van der Waals surface area contributed by atoms with Crippen molar-refractivity contribution in [1.29, 1.82) is 0 Å². The first kappa shape index (κ1) is 14.7. The number of nitrogens with two attached hydrogens (primary N) is 1. The molecule has 110 valence electrons. The van der Waals surface area contributed by atoms with E-state index in [4.69, 9.17) is 5.73 Å². The average molecular weight is 275 g/mol. The monoisotopic (exact) mass is 275 g/mol. The molecule has 1 heterocycles. The van der Waals surface area contributed by atoms with Crippen LogP contribution in [0.25, 0.3) is 0 Å². The lowest BCUT2D eigenvalue weighted by Gasteiger charge is -2.37. The van der Waals surface area contributed by atoms with E-state index in [-0.39, 0.29) is 24.7 Å². The molecule has 0 spiro atoms. The first-order valence-corrected chi connectivity index (χ1v) is 7.11. The molecule has 1 aliphatic heterocycles. The Morgan fingerprint density at radius 2 is 1.74 bits per heavy atom. The van der Waals surface area contributed by atoms with Crippen molar-refractivity contribution in [2.45, 2.75) is 31.6 Å². The van der Waals surface area contributed by atoms with Crippen LogP contribution in [-0.2, 0) is 4.79 Å². The highest BCUT2D eigenvalue weighted by molar-refractivity contribution is 5.79. The quantitative estimate of drug-likeness (QED) is 0.833. The second-order valence-corrected chi connectivity index (χ2v) is 5.59. The highest BCUT2D eigenvalue weighted by Crippen LogP contribution is 2.36. The molecular weight excluding hydrogens is 252 g/mol. The number of nitrogens with zero attached hydrogens (tertiary/aromatic N) is 2. The number of alkyl halides is 2. The summed E-state index contributed by atoms with van der Waals surface area (Å²) in [5.74, 6) is -2.68. The molecule has 1 saturated heterocycles. The Kier molecular flexibility index (Phi) is 4.73. The fraction of sp³-hybridized carbons (Fsp3) is 0.923. The second-order valence-electron chi connectivity index (χ2n) is 5.59. The van der Waals surface area contributed by atoms with Gasteiger partial charge in [0, 0.05) is 58.0 Å². The number of piperazine rings is 1. The number of hydrogen-bond acceptors (Lipinski definition) is 3. The molecule has 0 unspecified atom stereocenters. The molecule has 0 bridgehead atoms. The van der Waals surface area contributed by atoms with E-state index in [1.165, 1.54) is 0 Å².